The van der Waals surface area contributed by atoms with E-state index in [9.17, 15) is 0 Å². The average Bonchev–Trinajstić information content (AvgIpc) is 2.52. The topological polar surface area (TPSA) is 50.7 Å². The first kappa shape index (κ1) is 17.8. The predicted molar refractivity (Wildman–Crippen MR) is 86.1 cm³/mol. The van der Waals surface area contributed by atoms with Crippen molar-refractivity contribution in [3.05, 3.63) is 23.8 Å². The van der Waals surface area contributed by atoms with Crippen LogP contribution in [0.5, 0.6) is 11.5 Å². The molecule has 0 bridgehead atoms. The van der Waals surface area contributed by atoms with Crippen molar-refractivity contribution in [2.24, 2.45) is 5.92 Å². The maximum Gasteiger partial charge on any atom is 0.161 e. The van der Waals surface area contributed by atoms with E-state index in [2.05, 4.69) is 25.2 Å². The highest BCUT2D eigenvalue weighted by molar-refractivity contribution is 5.43. The smallest absolute Gasteiger partial charge is 0.161 e. The van der Waals surface area contributed by atoms with E-state index in [1.54, 1.807) is 14.2 Å². The molecule has 1 rings (SSSR count). The van der Waals surface area contributed by atoms with E-state index in [-0.39, 0.29) is 12.6 Å². The van der Waals surface area contributed by atoms with Gasteiger partial charge in [0.05, 0.1) is 14.2 Å². The fourth-order valence-corrected chi connectivity index (χ4v) is 2.52. The zero-order chi connectivity index (χ0) is 15.7. The van der Waals surface area contributed by atoms with Crippen molar-refractivity contribution in [3.63, 3.8) is 0 Å². The number of aliphatic hydroxyl groups is 1. The molecule has 0 aliphatic heterocycles. The van der Waals surface area contributed by atoms with E-state index in [1.807, 2.05) is 12.1 Å². The molecular formula is C17H29NO3. The van der Waals surface area contributed by atoms with Gasteiger partial charge in [0.2, 0.25) is 0 Å². The standard InChI is InChI=1S/C17H29NO3/c1-5-6-14(9-10-19)12-18-13(2)15-7-8-16(20-3)17(11-15)21-4/h7-8,11,13-14,18-19H,5-6,9-10,12H2,1-4H3. The van der Waals surface area contributed by atoms with Crippen molar-refractivity contribution in [3.8, 4) is 11.5 Å². The van der Waals surface area contributed by atoms with Gasteiger partial charge >= 0.3 is 0 Å². The van der Waals surface area contributed by atoms with E-state index >= 15 is 0 Å². The van der Waals surface area contributed by atoms with Gasteiger partial charge in [-0.25, -0.2) is 0 Å². The molecule has 1 aromatic carbocycles. The second-order valence-electron chi connectivity index (χ2n) is 5.41. The van der Waals surface area contributed by atoms with Gasteiger partial charge in [0.15, 0.2) is 11.5 Å². The van der Waals surface area contributed by atoms with Crippen LogP contribution < -0.4 is 14.8 Å². The number of aliphatic hydroxyl groups excluding tert-OH is 1. The molecule has 0 heterocycles. The summed E-state index contributed by atoms with van der Waals surface area (Å²) >= 11 is 0. The number of benzene rings is 1. The molecule has 1 aromatic rings. The first-order chi connectivity index (χ1) is 10.2. The summed E-state index contributed by atoms with van der Waals surface area (Å²) < 4.78 is 10.6. The first-order valence-corrected chi connectivity index (χ1v) is 7.72. The molecule has 21 heavy (non-hydrogen) atoms. The van der Waals surface area contributed by atoms with Crippen LogP contribution >= 0.6 is 0 Å². The molecule has 4 heteroatoms. The Kier molecular flexibility index (Phi) is 8.16. The minimum Gasteiger partial charge on any atom is -0.493 e. The third-order valence-electron chi connectivity index (χ3n) is 3.85. The van der Waals surface area contributed by atoms with E-state index in [1.165, 1.54) is 5.56 Å². The average molecular weight is 295 g/mol. The summed E-state index contributed by atoms with van der Waals surface area (Å²) in [5.41, 5.74) is 1.17. The van der Waals surface area contributed by atoms with Gasteiger partial charge in [-0.2, -0.15) is 0 Å². The minimum atomic E-state index is 0.239. The highest BCUT2D eigenvalue weighted by atomic mass is 16.5. The molecule has 0 saturated carbocycles. The number of hydrogen-bond acceptors (Lipinski definition) is 4. The molecule has 4 nitrogen and oxygen atoms in total. The lowest BCUT2D eigenvalue weighted by Crippen LogP contribution is -2.26. The maximum atomic E-state index is 9.11. The summed E-state index contributed by atoms with van der Waals surface area (Å²) in [4.78, 5) is 0. The van der Waals surface area contributed by atoms with Crippen LogP contribution in [0.15, 0.2) is 18.2 Å². The molecule has 0 fully saturated rings. The molecule has 0 amide bonds. The van der Waals surface area contributed by atoms with Gasteiger partial charge in [-0.15, -0.1) is 0 Å². The Labute approximate surface area is 128 Å². The Balaban J connectivity index is 2.64. The summed E-state index contributed by atoms with van der Waals surface area (Å²) in [6.07, 6.45) is 3.16. The predicted octanol–water partition coefficient (Wildman–Crippen LogP) is 3.15. The zero-order valence-corrected chi connectivity index (χ0v) is 13.7. The van der Waals surface area contributed by atoms with E-state index < -0.39 is 0 Å². The molecule has 0 aliphatic rings. The Morgan fingerprint density at radius 3 is 2.43 bits per heavy atom. The molecule has 0 radical (unpaired) electrons. The quantitative estimate of drug-likeness (QED) is 0.696. The summed E-state index contributed by atoms with van der Waals surface area (Å²) in [6.45, 7) is 5.51. The van der Waals surface area contributed by atoms with Gasteiger partial charge < -0.3 is 19.9 Å². The fraction of sp³-hybridized carbons (Fsp3) is 0.647. The van der Waals surface area contributed by atoms with Gasteiger partial charge in [-0.05, 0) is 49.9 Å². The third kappa shape index (κ3) is 5.56. The molecule has 0 saturated heterocycles. The van der Waals surface area contributed by atoms with Crippen LogP contribution in [0.2, 0.25) is 0 Å². The Bertz CT molecular complexity index is 403. The number of methoxy groups -OCH3 is 2. The van der Waals surface area contributed by atoms with Gasteiger partial charge in [-0.1, -0.05) is 19.4 Å². The molecule has 2 unspecified atom stereocenters. The van der Waals surface area contributed by atoms with Crippen LogP contribution in [-0.4, -0.2) is 32.5 Å². The van der Waals surface area contributed by atoms with Crippen LogP contribution in [0.25, 0.3) is 0 Å². The number of nitrogens with one attached hydrogen (secondary N) is 1. The van der Waals surface area contributed by atoms with Gasteiger partial charge in [0.25, 0.3) is 0 Å². The maximum absolute atomic E-state index is 9.11. The highest BCUT2D eigenvalue weighted by Gasteiger charge is 2.12. The molecule has 0 aliphatic carbocycles. The van der Waals surface area contributed by atoms with Crippen molar-refractivity contribution in [1.82, 2.24) is 5.32 Å². The van der Waals surface area contributed by atoms with E-state index in [4.69, 9.17) is 14.6 Å². The number of rotatable bonds is 10. The largest absolute Gasteiger partial charge is 0.493 e. The van der Waals surface area contributed by atoms with E-state index in [0.717, 1.165) is 37.3 Å². The van der Waals surface area contributed by atoms with Crippen LogP contribution in [0.4, 0.5) is 0 Å². The zero-order valence-electron chi connectivity index (χ0n) is 13.7. The second-order valence-corrected chi connectivity index (χ2v) is 5.41. The van der Waals surface area contributed by atoms with Gasteiger partial charge in [0, 0.05) is 12.6 Å². The third-order valence-corrected chi connectivity index (χ3v) is 3.85. The normalized spacial score (nSPS) is 13.8. The van der Waals surface area contributed by atoms with Crippen LogP contribution in [-0.2, 0) is 0 Å². The van der Waals surface area contributed by atoms with Gasteiger partial charge in [-0.3, -0.25) is 0 Å². The Hall–Kier alpha value is -1.26. The highest BCUT2D eigenvalue weighted by Crippen LogP contribution is 2.30. The molecule has 0 aromatic heterocycles. The van der Waals surface area contributed by atoms with Crippen molar-refractivity contribution < 1.29 is 14.6 Å². The summed E-state index contributed by atoms with van der Waals surface area (Å²) in [6, 6.07) is 6.24. The lowest BCUT2D eigenvalue weighted by Gasteiger charge is -2.21. The molecule has 2 N–H and O–H groups in total. The van der Waals surface area contributed by atoms with Crippen LogP contribution in [0.1, 0.15) is 44.7 Å². The lowest BCUT2D eigenvalue weighted by molar-refractivity contribution is 0.245. The van der Waals surface area contributed by atoms with Crippen LogP contribution in [0, 0.1) is 5.92 Å². The van der Waals surface area contributed by atoms with Crippen molar-refractivity contribution in [2.45, 2.75) is 39.2 Å². The van der Waals surface area contributed by atoms with Crippen molar-refractivity contribution in [2.75, 3.05) is 27.4 Å². The summed E-state index contributed by atoms with van der Waals surface area (Å²) in [5, 5.41) is 12.7. The Morgan fingerprint density at radius 1 is 1.14 bits per heavy atom. The summed E-state index contributed by atoms with van der Waals surface area (Å²) in [5.74, 6) is 2.03. The van der Waals surface area contributed by atoms with Gasteiger partial charge in [0.1, 0.15) is 0 Å². The first-order valence-electron chi connectivity index (χ1n) is 7.72. The van der Waals surface area contributed by atoms with Crippen molar-refractivity contribution >= 4 is 0 Å². The number of hydrogen-bond donors (Lipinski definition) is 2. The molecular weight excluding hydrogens is 266 g/mol. The van der Waals surface area contributed by atoms with Crippen LogP contribution in [0.3, 0.4) is 0 Å². The fourth-order valence-electron chi connectivity index (χ4n) is 2.52. The van der Waals surface area contributed by atoms with Crippen molar-refractivity contribution in [1.29, 1.82) is 0 Å². The molecule has 0 spiro atoms. The Morgan fingerprint density at radius 2 is 1.86 bits per heavy atom. The lowest BCUT2D eigenvalue weighted by atomic mass is 9.99. The second kappa shape index (κ2) is 9.64. The molecule has 2 atom stereocenters. The monoisotopic (exact) mass is 295 g/mol. The van der Waals surface area contributed by atoms with E-state index in [0.29, 0.717) is 5.92 Å². The molecule has 120 valence electrons. The summed E-state index contributed by atoms with van der Waals surface area (Å²) in [7, 11) is 3.29. The minimum absolute atomic E-state index is 0.239. The SMILES string of the molecule is CCCC(CCO)CNC(C)c1ccc(OC)c(OC)c1. The number of ether oxygens (including phenoxy) is 2.